The molecule has 1 unspecified atom stereocenters. The summed E-state index contributed by atoms with van der Waals surface area (Å²) < 4.78 is 15.4. The first-order valence-corrected chi connectivity index (χ1v) is 6.25. The van der Waals surface area contributed by atoms with Crippen molar-refractivity contribution < 1.29 is 19.0 Å². The van der Waals surface area contributed by atoms with E-state index in [4.69, 9.17) is 15.2 Å². The molecule has 0 aliphatic heterocycles. The average Bonchev–Trinajstić information content (AvgIpc) is 2.44. The van der Waals surface area contributed by atoms with Gasteiger partial charge in [0, 0.05) is 6.04 Å². The Hall–Kier alpha value is -1.75. The van der Waals surface area contributed by atoms with E-state index in [1.807, 2.05) is 13.0 Å². The average molecular weight is 267 g/mol. The van der Waals surface area contributed by atoms with E-state index in [1.165, 1.54) is 7.11 Å². The van der Waals surface area contributed by atoms with E-state index < -0.39 is 6.04 Å². The smallest absolute Gasteiger partial charge is 0.307 e. The quantitative estimate of drug-likeness (QED) is 0.765. The lowest BCUT2D eigenvalue weighted by molar-refractivity contribution is -0.141. The minimum absolute atomic E-state index is 0.134. The molecule has 0 aromatic heterocycles. The summed E-state index contributed by atoms with van der Waals surface area (Å²) in [5, 5.41) is 0. The van der Waals surface area contributed by atoms with E-state index in [-0.39, 0.29) is 12.4 Å². The van der Waals surface area contributed by atoms with Crippen LogP contribution in [0.25, 0.3) is 0 Å². The van der Waals surface area contributed by atoms with Crippen LogP contribution in [0, 0.1) is 0 Å². The zero-order chi connectivity index (χ0) is 14.3. The highest BCUT2D eigenvalue weighted by Crippen LogP contribution is 2.30. The van der Waals surface area contributed by atoms with Crippen LogP contribution in [0.4, 0.5) is 0 Å². The highest BCUT2D eigenvalue weighted by molar-refractivity contribution is 5.70. The summed E-state index contributed by atoms with van der Waals surface area (Å²) in [7, 11) is 2.92. The molecule has 5 heteroatoms. The third kappa shape index (κ3) is 4.44. The number of hydrogen-bond acceptors (Lipinski definition) is 5. The van der Waals surface area contributed by atoms with Crippen molar-refractivity contribution in [2.24, 2.45) is 5.73 Å². The molecule has 0 bridgehead atoms. The largest absolute Gasteiger partial charge is 0.493 e. The molecule has 19 heavy (non-hydrogen) atoms. The molecular formula is C14H21NO4. The Labute approximate surface area is 113 Å². The maximum absolute atomic E-state index is 11.2. The lowest BCUT2D eigenvalue weighted by Gasteiger charge is -2.15. The number of nitrogens with two attached hydrogens (primary N) is 1. The van der Waals surface area contributed by atoms with E-state index >= 15 is 0 Å². The summed E-state index contributed by atoms with van der Waals surface area (Å²) in [5.41, 5.74) is 6.76. The minimum Gasteiger partial charge on any atom is -0.493 e. The molecule has 1 aromatic rings. The first-order valence-electron chi connectivity index (χ1n) is 6.25. The van der Waals surface area contributed by atoms with Crippen LogP contribution in [0.2, 0.25) is 0 Å². The molecule has 0 saturated heterocycles. The molecule has 0 radical (unpaired) electrons. The fraction of sp³-hybridized carbons (Fsp3) is 0.500. The van der Waals surface area contributed by atoms with Gasteiger partial charge in [0.25, 0.3) is 0 Å². The second-order valence-corrected chi connectivity index (χ2v) is 4.15. The fourth-order valence-electron chi connectivity index (χ4n) is 1.63. The summed E-state index contributed by atoms with van der Waals surface area (Å²) in [6, 6.07) is 5.02. The van der Waals surface area contributed by atoms with Crippen molar-refractivity contribution in [3.8, 4) is 11.5 Å². The van der Waals surface area contributed by atoms with Crippen LogP contribution in [0.3, 0.4) is 0 Å². The van der Waals surface area contributed by atoms with E-state index in [0.717, 1.165) is 12.0 Å². The lowest BCUT2D eigenvalue weighted by atomic mass is 10.0. The first-order chi connectivity index (χ1) is 9.12. The first kappa shape index (κ1) is 15.3. The Morgan fingerprint density at radius 3 is 2.63 bits per heavy atom. The minimum atomic E-state index is -0.415. The molecule has 0 heterocycles. The number of hydrogen-bond donors (Lipinski definition) is 1. The van der Waals surface area contributed by atoms with Gasteiger partial charge < -0.3 is 19.9 Å². The summed E-state index contributed by atoms with van der Waals surface area (Å²) in [4.78, 5) is 11.2. The lowest BCUT2D eigenvalue weighted by Crippen LogP contribution is -2.16. The van der Waals surface area contributed by atoms with Crippen LogP contribution in [-0.4, -0.2) is 26.8 Å². The van der Waals surface area contributed by atoms with Crippen molar-refractivity contribution in [1.82, 2.24) is 0 Å². The van der Waals surface area contributed by atoms with Crippen molar-refractivity contribution in [2.45, 2.75) is 25.8 Å². The zero-order valence-electron chi connectivity index (χ0n) is 11.6. The van der Waals surface area contributed by atoms with Crippen molar-refractivity contribution in [3.63, 3.8) is 0 Å². The molecule has 2 N–H and O–H groups in total. The van der Waals surface area contributed by atoms with Gasteiger partial charge in [-0.05, 0) is 24.1 Å². The van der Waals surface area contributed by atoms with Crippen molar-refractivity contribution in [3.05, 3.63) is 23.8 Å². The fourth-order valence-corrected chi connectivity index (χ4v) is 1.63. The maximum Gasteiger partial charge on any atom is 0.307 e. The summed E-state index contributed by atoms with van der Waals surface area (Å²) in [6.45, 7) is 2.66. The summed E-state index contributed by atoms with van der Waals surface area (Å²) in [5.74, 6) is 0.961. The third-order valence-corrected chi connectivity index (χ3v) is 2.69. The van der Waals surface area contributed by atoms with Gasteiger partial charge in [0.05, 0.1) is 27.2 Å². The van der Waals surface area contributed by atoms with Gasteiger partial charge >= 0.3 is 5.97 Å². The SMILES string of the molecule is CCCOc1ccc(C(N)CC(=O)OC)cc1OC. The third-order valence-electron chi connectivity index (χ3n) is 2.69. The Bertz CT molecular complexity index is 420. The van der Waals surface area contributed by atoms with Crippen LogP contribution in [-0.2, 0) is 9.53 Å². The number of esters is 1. The van der Waals surface area contributed by atoms with Crippen LogP contribution in [0.15, 0.2) is 18.2 Å². The van der Waals surface area contributed by atoms with Crippen LogP contribution < -0.4 is 15.2 Å². The van der Waals surface area contributed by atoms with Crippen LogP contribution in [0.1, 0.15) is 31.4 Å². The molecule has 1 aromatic carbocycles. The molecule has 5 nitrogen and oxygen atoms in total. The number of rotatable bonds is 7. The molecule has 0 spiro atoms. The van der Waals surface area contributed by atoms with Gasteiger partial charge in [0.1, 0.15) is 0 Å². The molecular weight excluding hydrogens is 246 g/mol. The highest BCUT2D eigenvalue weighted by atomic mass is 16.5. The number of carbonyl (C=O) groups excluding carboxylic acids is 1. The standard InChI is InChI=1S/C14H21NO4/c1-4-7-19-12-6-5-10(8-13(12)17-2)11(15)9-14(16)18-3/h5-6,8,11H,4,7,9,15H2,1-3H3. The van der Waals surface area contributed by atoms with Gasteiger partial charge in [0.15, 0.2) is 11.5 Å². The predicted octanol–water partition coefficient (Wildman–Crippen LogP) is 2.05. The van der Waals surface area contributed by atoms with Gasteiger partial charge in [-0.2, -0.15) is 0 Å². The van der Waals surface area contributed by atoms with Crippen LogP contribution in [0.5, 0.6) is 11.5 Å². The number of benzene rings is 1. The van der Waals surface area contributed by atoms with E-state index in [1.54, 1.807) is 19.2 Å². The number of carbonyl (C=O) groups is 1. The van der Waals surface area contributed by atoms with E-state index in [2.05, 4.69) is 4.74 Å². The second kappa shape index (κ2) is 7.63. The molecule has 1 atom stereocenters. The maximum atomic E-state index is 11.2. The highest BCUT2D eigenvalue weighted by Gasteiger charge is 2.14. The number of ether oxygens (including phenoxy) is 3. The molecule has 106 valence electrons. The van der Waals surface area contributed by atoms with Gasteiger partial charge in [0.2, 0.25) is 0 Å². The van der Waals surface area contributed by atoms with Gasteiger partial charge in [-0.15, -0.1) is 0 Å². The Balaban J connectivity index is 2.83. The Morgan fingerprint density at radius 1 is 1.32 bits per heavy atom. The van der Waals surface area contributed by atoms with Crippen molar-refractivity contribution >= 4 is 5.97 Å². The molecule has 0 fully saturated rings. The van der Waals surface area contributed by atoms with E-state index in [0.29, 0.717) is 18.1 Å². The monoisotopic (exact) mass is 267 g/mol. The second-order valence-electron chi connectivity index (χ2n) is 4.15. The molecule has 0 aliphatic carbocycles. The van der Waals surface area contributed by atoms with Crippen molar-refractivity contribution in [2.75, 3.05) is 20.8 Å². The van der Waals surface area contributed by atoms with Gasteiger partial charge in [-0.3, -0.25) is 4.79 Å². The summed E-state index contributed by atoms with van der Waals surface area (Å²) >= 11 is 0. The van der Waals surface area contributed by atoms with Crippen LogP contribution >= 0.6 is 0 Å². The summed E-state index contributed by atoms with van der Waals surface area (Å²) in [6.07, 6.45) is 1.06. The zero-order valence-corrected chi connectivity index (χ0v) is 11.6. The number of methoxy groups -OCH3 is 2. The Morgan fingerprint density at radius 2 is 2.05 bits per heavy atom. The molecule has 0 saturated carbocycles. The molecule has 0 amide bonds. The molecule has 0 aliphatic rings. The van der Waals surface area contributed by atoms with Gasteiger partial charge in [-0.25, -0.2) is 0 Å². The normalized spacial score (nSPS) is 11.8. The topological polar surface area (TPSA) is 70.8 Å². The Kier molecular flexibility index (Phi) is 6.15. The van der Waals surface area contributed by atoms with E-state index in [9.17, 15) is 4.79 Å². The van der Waals surface area contributed by atoms with Crippen molar-refractivity contribution in [1.29, 1.82) is 0 Å². The van der Waals surface area contributed by atoms with Gasteiger partial charge in [-0.1, -0.05) is 13.0 Å². The predicted molar refractivity (Wildman–Crippen MR) is 72.3 cm³/mol. The molecule has 1 rings (SSSR count).